The Balaban J connectivity index is 1.48. The van der Waals surface area contributed by atoms with Crippen molar-refractivity contribution in [2.24, 2.45) is 0 Å². The lowest BCUT2D eigenvalue weighted by Gasteiger charge is -2.34. The molecular weight excluding hydrogens is 436 g/mol. The van der Waals surface area contributed by atoms with Gasteiger partial charge in [0.15, 0.2) is 9.84 Å². The van der Waals surface area contributed by atoms with Gasteiger partial charge in [-0.3, -0.25) is 9.80 Å². The zero-order valence-corrected chi connectivity index (χ0v) is 17.9. The van der Waals surface area contributed by atoms with E-state index < -0.39 is 9.84 Å². The van der Waals surface area contributed by atoms with Crippen LogP contribution in [0.1, 0.15) is 4.88 Å². The lowest BCUT2D eigenvalue weighted by molar-refractivity contribution is 0.133. The van der Waals surface area contributed by atoms with Crippen molar-refractivity contribution in [2.45, 2.75) is 11.4 Å². The Morgan fingerprint density at radius 3 is 2.50 bits per heavy atom. The van der Waals surface area contributed by atoms with E-state index in [1.807, 2.05) is 0 Å². The molecule has 1 aliphatic heterocycles. The second kappa shape index (κ2) is 8.84. The number of benzene rings is 1. The first-order valence-corrected chi connectivity index (χ1v) is 11.8. The predicted molar refractivity (Wildman–Crippen MR) is 109 cm³/mol. The Labute approximate surface area is 167 Å². The summed E-state index contributed by atoms with van der Waals surface area (Å²) in [6, 6.07) is 10.9. The molecule has 26 heavy (non-hydrogen) atoms. The van der Waals surface area contributed by atoms with E-state index in [0.29, 0.717) is 17.2 Å². The molecule has 0 saturated carbocycles. The first kappa shape index (κ1) is 19.8. The number of nitrogens with zero attached hydrogens (tertiary/aromatic N) is 2. The Morgan fingerprint density at radius 1 is 1.12 bits per heavy atom. The van der Waals surface area contributed by atoms with Gasteiger partial charge in [0, 0.05) is 44.1 Å². The van der Waals surface area contributed by atoms with E-state index in [4.69, 9.17) is 4.74 Å². The zero-order chi connectivity index (χ0) is 18.6. The normalized spacial score (nSPS) is 16.7. The van der Waals surface area contributed by atoms with Crippen LogP contribution >= 0.6 is 27.3 Å². The van der Waals surface area contributed by atoms with Gasteiger partial charge in [0.25, 0.3) is 0 Å². The number of hydrogen-bond donors (Lipinski definition) is 0. The molecule has 0 amide bonds. The van der Waals surface area contributed by atoms with Crippen LogP contribution in [-0.2, 0) is 16.4 Å². The molecule has 0 radical (unpaired) electrons. The maximum Gasteiger partial charge on any atom is 0.179 e. The minimum atomic E-state index is -3.29. The number of rotatable bonds is 7. The summed E-state index contributed by atoms with van der Waals surface area (Å²) in [6.45, 7) is 5.27. The van der Waals surface area contributed by atoms with Crippen LogP contribution in [0, 0.1) is 0 Å². The van der Waals surface area contributed by atoms with Crippen LogP contribution in [0.15, 0.2) is 45.1 Å². The van der Waals surface area contributed by atoms with E-state index in [9.17, 15) is 8.42 Å². The zero-order valence-electron chi connectivity index (χ0n) is 14.7. The molecule has 1 aromatic carbocycles. The summed E-state index contributed by atoms with van der Waals surface area (Å²) < 4.78 is 31.4. The van der Waals surface area contributed by atoms with Gasteiger partial charge in [-0.25, -0.2) is 8.42 Å². The monoisotopic (exact) mass is 458 g/mol. The molecule has 5 nitrogen and oxygen atoms in total. The van der Waals surface area contributed by atoms with Crippen molar-refractivity contribution in [3.05, 3.63) is 45.1 Å². The lowest BCUT2D eigenvalue weighted by atomic mass is 10.3. The number of ether oxygens (including phenoxy) is 1. The van der Waals surface area contributed by atoms with Crippen molar-refractivity contribution >= 4 is 37.1 Å². The minimum Gasteiger partial charge on any atom is -0.497 e. The van der Waals surface area contributed by atoms with Gasteiger partial charge in [0.05, 0.1) is 21.5 Å². The van der Waals surface area contributed by atoms with Crippen LogP contribution in [-0.4, -0.2) is 63.8 Å². The van der Waals surface area contributed by atoms with Crippen molar-refractivity contribution in [3.8, 4) is 5.75 Å². The molecule has 3 rings (SSSR count). The number of piperazine rings is 1. The first-order chi connectivity index (χ1) is 12.5. The predicted octanol–water partition coefficient (Wildman–Crippen LogP) is 3.11. The fourth-order valence-corrected chi connectivity index (χ4v) is 5.83. The Morgan fingerprint density at radius 2 is 1.85 bits per heavy atom. The first-order valence-electron chi connectivity index (χ1n) is 8.52. The summed E-state index contributed by atoms with van der Waals surface area (Å²) in [5.74, 6) is 0.706. The molecule has 8 heteroatoms. The highest BCUT2D eigenvalue weighted by Gasteiger charge is 2.21. The van der Waals surface area contributed by atoms with Gasteiger partial charge in [-0.15, -0.1) is 11.3 Å². The van der Waals surface area contributed by atoms with Crippen LogP contribution in [0.5, 0.6) is 5.75 Å². The third kappa shape index (κ3) is 5.29. The summed E-state index contributed by atoms with van der Waals surface area (Å²) in [5.41, 5.74) is 0. The summed E-state index contributed by atoms with van der Waals surface area (Å²) in [4.78, 5) is 6.34. The third-order valence-electron chi connectivity index (χ3n) is 4.55. The standard InChI is InChI=1S/C18H23BrN2O3S2/c1-24-15-3-2-4-17(13-15)26(22,23)12-11-20-7-9-21(10-8-20)14-16-5-6-18(19)25-16/h2-6,13H,7-12,14H2,1H3. The molecule has 142 valence electrons. The molecular formula is C18H23BrN2O3S2. The molecule has 0 unspecified atom stereocenters. The highest BCUT2D eigenvalue weighted by atomic mass is 79.9. The van der Waals surface area contributed by atoms with Gasteiger partial charge >= 0.3 is 0 Å². The number of sulfone groups is 1. The molecule has 0 atom stereocenters. The maximum absolute atomic E-state index is 12.6. The summed E-state index contributed by atoms with van der Waals surface area (Å²) >= 11 is 5.27. The average molecular weight is 459 g/mol. The molecule has 0 N–H and O–H groups in total. The van der Waals surface area contributed by atoms with Crippen molar-refractivity contribution in [2.75, 3.05) is 45.6 Å². The van der Waals surface area contributed by atoms with Gasteiger partial charge in [0.1, 0.15) is 5.75 Å². The topological polar surface area (TPSA) is 49.9 Å². The van der Waals surface area contributed by atoms with Gasteiger partial charge < -0.3 is 4.74 Å². The minimum absolute atomic E-state index is 0.137. The van der Waals surface area contributed by atoms with Crippen molar-refractivity contribution < 1.29 is 13.2 Å². The molecule has 2 heterocycles. The number of methoxy groups -OCH3 is 1. The van der Waals surface area contributed by atoms with Crippen LogP contribution in [0.3, 0.4) is 0 Å². The maximum atomic E-state index is 12.6. The van der Waals surface area contributed by atoms with Gasteiger partial charge in [-0.1, -0.05) is 6.07 Å². The Bertz CT molecular complexity index is 830. The van der Waals surface area contributed by atoms with Gasteiger partial charge in [-0.05, 0) is 46.3 Å². The third-order valence-corrected chi connectivity index (χ3v) is 7.85. The number of hydrogen-bond acceptors (Lipinski definition) is 6. The van der Waals surface area contributed by atoms with Crippen molar-refractivity contribution in [1.82, 2.24) is 9.80 Å². The molecule has 1 fully saturated rings. The molecule has 0 spiro atoms. The second-order valence-electron chi connectivity index (χ2n) is 6.32. The quantitative estimate of drug-likeness (QED) is 0.637. The Kier molecular flexibility index (Phi) is 6.74. The van der Waals surface area contributed by atoms with E-state index in [2.05, 4.69) is 37.9 Å². The highest BCUT2D eigenvalue weighted by molar-refractivity contribution is 9.11. The van der Waals surface area contributed by atoms with E-state index in [1.165, 1.54) is 4.88 Å². The van der Waals surface area contributed by atoms with Gasteiger partial charge in [-0.2, -0.15) is 0 Å². The Hall–Kier alpha value is -0.930. The number of thiophene rings is 1. The summed E-state index contributed by atoms with van der Waals surface area (Å²) in [6.07, 6.45) is 0. The van der Waals surface area contributed by atoms with E-state index >= 15 is 0 Å². The second-order valence-corrected chi connectivity index (χ2v) is 11.0. The molecule has 0 aliphatic carbocycles. The highest BCUT2D eigenvalue weighted by Crippen LogP contribution is 2.24. The molecule has 1 aromatic heterocycles. The molecule has 1 aliphatic rings. The van der Waals surface area contributed by atoms with Crippen molar-refractivity contribution in [3.63, 3.8) is 0 Å². The summed E-state index contributed by atoms with van der Waals surface area (Å²) in [5, 5.41) is 0. The largest absolute Gasteiger partial charge is 0.497 e. The summed E-state index contributed by atoms with van der Waals surface area (Å²) in [7, 11) is -1.75. The van der Waals surface area contributed by atoms with E-state index in [0.717, 1.165) is 36.5 Å². The molecule has 2 aromatic rings. The SMILES string of the molecule is COc1cccc(S(=O)(=O)CCN2CCN(Cc3ccc(Br)s3)CC2)c1. The fourth-order valence-electron chi connectivity index (χ4n) is 2.99. The smallest absolute Gasteiger partial charge is 0.179 e. The lowest BCUT2D eigenvalue weighted by Crippen LogP contribution is -2.47. The molecule has 1 saturated heterocycles. The van der Waals surface area contributed by atoms with Crippen LogP contribution in [0.4, 0.5) is 0 Å². The van der Waals surface area contributed by atoms with Crippen LogP contribution < -0.4 is 4.74 Å². The van der Waals surface area contributed by atoms with E-state index in [-0.39, 0.29) is 5.75 Å². The van der Waals surface area contributed by atoms with Crippen molar-refractivity contribution in [1.29, 1.82) is 0 Å². The van der Waals surface area contributed by atoms with Crippen LogP contribution in [0.25, 0.3) is 0 Å². The number of halogens is 1. The average Bonchev–Trinajstić information content (AvgIpc) is 3.06. The van der Waals surface area contributed by atoms with Crippen LogP contribution in [0.2, 0.25) is 0 Å². The molecule has 0 bridgehead atoms. The van der Waals surface area contributed by atoms with Gasteiger partial charge in [0.2, 0.25) is 0 Å². The van der Waals surface area contributed by atoms with E-state index in [1.54, 1.807) is 42.7 Å². The fraction of sp³-hybridized carbons (Fsp3) is 0.444.